The Morgan fingerprint density at radius 1 is 0.436 bits per heavy atom. The molecule has 0 saturated heterocycles. The second kappa shape index (κ2) is 11.7. The quantitative estimate of drug-likeness (QED) is 0.182. The number of hydrogen-bond acceptors (Lipinski definition) is 5. The molecule has 0 N–H and O–H groups in total. The van der Waals surface area contributed by atoms with Crippen molar-refractivity contribution in [3.8, 4) is 67.5 Å². The molecule has 4 nitrogen and oxygen atoms in total. The first kappa shape index (κ1) is 30.4. The summed E-state index contributed by atoms with van der Waals surface area (Å²) in [5, 5.41) is 5.54. The first-order valence-corrected chi connectivity index (χ1v) is 19.2. The molecule has 12 rings (SSSR count). The summed E-state index contributed by atoms with van der Waals surface area (Å²) < 4.78 is 15.3. The molecule has 8 aromatic carbocycles. The van der Waals surface area contributed by atoms with Gasteiger partial charge in [-0.2, -0.15) is 0 Å². The standard InChI is InChI=1S/C50H28N2O2S/c1-2-11-29(12-3-1)30-13-8-14-31(27-30)33-25-26-42-45-36(33)17-9-18-38(45)46-39(19-10-21-41(46)54-42)50-51-47(49-48(52-50)37-16-5-7-22-44(37)55-49)32-23-24-35-34-15-4-6-20-40(34)53-43(35)28-32/h1-28H. The second-order valence-corrected chi connectivity index (χ2v) is 15.1. The third kappa shape index (κ3) is 4.64. The highest BCUT2D eigenvalue weighted by Gasteiger charge is 2.27. The second-order valence-electron chi connectivity index (χ2n) is 14.0. The SMILES string of the molecule is c1ccc(-c2cccc(-c3ccc4c5c(cccc35)-c3c(cccc3-c3nc(-c5ccc6c(c5)oc5ccccc56)c5sc6ccccc6c5n3)O4)c2)cc1. The van der Waals surface area contributed by atoms with Crippen molar-refractivity contribution in [3.63, 3.8) is 0 Å². The summed E-state index contributed by atoms with van der Waals surface area (Å²) in [6.45, 7) is 0. The van der Waals surface area contributed by atoms with Crippen molar-refractivity contribution in [2.75, 3.05) is 0 Å². The van der Waals surface area contributed by atoms with Crippen LogP contribution in [0.25, 0.3) is 109 Å². The van der Waals surface area contributed by atoms with Crippen LogP contribution in [-0.4, -0.2) is 9.97 Å². The molecule has 0 fully saturated rings. The number of furan rings is 1. The summed E-state index contributed by atoms with van der Waals surface area (Å²) in [4.78, 5) is 10.8. The average molecular weight is 721 g/mol. The van der Waals surface area contributed by atoms with E-state index in [0.29, 0.717) is 5.82 Å². The van der Waals surface area contributed by atoms with Crippen LogP contribution in [0.4, 0.5) is 0 Å². The Labute approximate surface area is 319 Å². The van der Waals surface area contributed by atoms with Crippen molar-refractivity contribution in [1.29, 1.82) is 0 Å². The third-order valence-corrected chi connectivity index (χ3v) is 12.1. The fourth-order valence-corrected chi connectivity index (χ4v) is 9.55. The number of para-hydroxylation sites is 1. The molecule has 11 aromatic rings. The Morgan fingerprint density at radius 2 is 1.18 bits per heavy atom. The number of rotatable bonds is 4. The number of aromatic nitrogens is 2. The Balaban J connectivity index is 1.07. The van der Waals surface area contributed by atoms with Crippen LogP contribution in [0.5, 0.6) is 11.5 Å². The van der Waals surface area contributed by atoms with Gasteiger partial charge in [0.15, 0.2) is 5.82 Å². The molecule has 1 aliphatic heterocycles. The van der Waals surface area contributed by atoms with Gasteiger partial charge < -0.3 is 9.15 Å². The minimum Gasteiger partial charge on any atom is -0.456 e. The van der Waals surface area contributed by atoms with Gasteiger partial charge >= 0.3 is 0 Å². The molecule has 0 amide bonds. The highest BCUT2D eigenvalue weighted by atomic mass is 32.1. The minimum absolute atomic E-state index is 0.656. The number of nitrogens with zero attached hydrogens (tertiary/aromatic N) is 2. The van der Waals surface area contributed by atoms with Crippen LogP contribution >= 0.6 is 11.3 Å². The van der Waals surface area contributed by atoms with Crippen LogP contribution in [-0.2, 0) is 0 Å². The molecule has 0 radical (unpaired) electrons. The molecule has 55 heavy (non-hydrogen) atoms. The maximum absolute atomic E-state index is 6.76. The highest BCUT2D eigenvalue weighted by molar-refractivity contribution is 7.26. The summed E-state index contributed by atoms with van der Waals surface area (Å²) in [6, 6.07) is 59.5. The number of hydrogen-bond donors (Lipinski definition) is 0. The molecule has 3 aromatic heterocycles. The van der Waals surface area contributed by atoms with E-state index in [4.69, 9.17) is 19.1 Å². The predicted octanol–water partition coefficient (Wildman–Crippen LogP) is 14.3. The summed E-state index contributed by atoms with van der Waals surface area (Å²) in [6.07, 6.45) is 0. The lowest BCUT2D eigenvalue weighted by Gasteiger charge is -2.24. The van der Waals surface area contributed by atoms with Gasteiger partial charge in [-0.25, -0.2) is 9.97 Å². The van der Waals surface area contributed by atoms with Crippen molar-refractivity contribution in [2.45, 2.75) is 0 Å². The van der Waals surface area contributed by atoms with Gasteiger partial charge in [0.25, 0.3) is 0 Å². The van der Waals surface area contributed by atoms with Crippen LogP contribution in [0.3, 0.4) is 0 Å². The summed E-state index contributed by atoms with van der Waals surface area (Å²) in [5.41, 5.74) is 12.3. The molecular formula is C50H28N2O2S. The van der Waals surface area contributed by atoms with Gasteiger partial charge in [0.2, 0.25) is 0 Å². The van der Waals surface area contributed by atoms with E-state index in [2.05, 4.69) is 146 Å². The van der Waals surface area contributed by atoms with Crippen molar-refractivity contribution < 1.29 is 9.15 Å². The molecule has 0 unspecified atom stereocenters. The summed E-state index contributed by atoms with van der Waals surface area (Å²) >= 11 is 1.73. The molecule has 0 aliphatic carbocycles. The van der Waals surface area contributed by atoms with Gasteiger partial charge in [0.1, 0.15) is 22.7 Å². The Hall–Kier alpha value is -7.08. The van der Waals surface area contributed by atoms with Crippen molar-refractivity contribution in [3.05, 3.63) is 170 Å². The predicted molar refractivity (Wildman–Crippen MR) is 227 cm³/mol. The number of ether oxygens (including phenoxy) is 1. The van der Waals surface area contributed by atoms with Crippen LogP contribution in [0, 0.1) is 0 Å². The zero-order chi connectivity index (χ0) is 36.0. The molecule has 5 heteroatoms. The topological polar surface area (TPSA) is 48.2 Å². The van der Waals surface area contributed by atoms with E-state index in [1.165, 1.54) is 15.8 Å². The van der Waals surface area contributed by atoms with E-state index >= 15 is 0 Å². The van der Waals surface area contributed by atoms with Crippen molar-refractivity contribution in [1.82, 2.24) is 9.97 Å². The maximum Gasteiger partial charge on any atom is 0.161 e. The highest BCUT2D eigenvalue weighted by Crippen LogP contribution is 2.52. The zero-order valence-electron chi connectivity index (χ0n) is 29.3. The Kier molecular flexibility index (Phi) is 6.47. The molecule has 4 heterocycles. The van der Waals surface area contributed by atoms with E-state index in [1.807, 2.05) is 24.3 Å². The number of fused-ring (bicyclic) bond motifs is 8. The van der Waals surface area contributed by atoms with Crippen LogP contribution in [0.2, 0.25) is 0 Å². The van der Waals surface area contributed by atoms with Gasteiger partial charge in [-0.3, -0.25) is 0 Å². The molecule has 256 valence electrons. The van der Waals surface area contributed by atoms with Crippen LogP contribution in [0.1, 0.15) is 0 Å². The normalized spacial score (nSPS) is 12.1. The fraction of sp³-hybridized carbons (Fsp3) is 0. The van der Waals surface area contributed by atoms with Gasteiger partial charge in [-0.05, 0) is 75.7 Å². The maximum atomic E-state index is 6.76. The van der Waals surface area contributed by atoms with Gasteiger partial charge in [0, 0.05) is 42.9 Å². The first-order chi connectivity index (χ1) is 27.2. The average Bonchev–Trinajstić information content (AvgIpc) is 3.82. The molecule has 0 bridgehead atoms. The summed E-state index contributed by atoms with van der Waals surface area (Å²) in [5.74, 6) is 2.29. The van der Waals surface area contributed by atoms with Crippen LogP contribution < -0.4 is 4.74 Å². The van der Waals surface area contributed by atoms with E-state index in [1.54, 1.807) is 11.3 Å². The summed E-state index contributed by atoms with van der Waals surface area (Å²) in [7, 11) is 0. The van der Waals surface area contributed by atoms with Gasteiger partial charge in [-0.1, -0.05) is 127 Å². The number of thiophene rings is 1. The van der Waals surface area contributed by atoms with Crippen molar-refractivity contribution >= 4 is 64.4 Å². The van der Waals surface area contributed by atoms with Gasteiger partial charge in [-0.15, -0.1) is 11.3 Å². The smallest absolute Gasteiger partial charge is 0.161 e. The molecule has 1 aliphatic rings. The van der Waals surface area contributed by atoms with Crippen molar-refractivity contribution in [2.24, 2.45) is 0 Å². The van der Waals surface area contributed by atoms with Gasteiger partial charge in [0.05, 0.1) is 15.9 Å². The zero-order valence-corrected chi connectivity index (χ0v) is 30.1. The largest absolute Gasteiger partial charge is 0.456 e. The third-order valence-electron chi connectivity index (χ3n) is 10.9. The lowest BCUT2D eigenvalue weighted by molar-refractivity contribution is 0.487. The monoisotopic (exact) mass is 720 g/mol. The molecule has 0 spiro atoms. The van der Waals surface area contributed by atoms with E-state index in [-0.39, 0.29) is 0 Å². The Bertz CT molecular complexity index is 3360. The first-order valence-electron chi connectivity index (χ1n) is 18.4. The lowest BCUT2D eigenvalue weighted by atomic mass is 9.88. The molecule has 0 saturated carbocycles. The minimum atomic E-state index is 0.656. The molecular weight excluding hydrogens is 693 g/mol. The van der Waals surface area contributed by atoms with E-state index < -0.39 is 0 Å². The number of benzene rings is 8. The fourth-order valence-electron chi connectivity index (χ4n) is 8.40. The van der Waals surface area contributed by atoms with Crippen LogP contribution in [0.15, 0.2) is 174 Å². The van der Waals surface area contributed by atoms with E-state index in [9.17, 15) is 0 Å². The lowest BCUT2D eigenvalue weighted by Crippen LogP contribution is -2.01. The molecule has 0 atom stereocenters. The Morgan fingerprint density at radius 3 is 2.13 bits per heavy atom. The van der Waals surface area contributed by atoms with E-state index in [0.717, 1.165) is 98.9 Å².